The van der Waals surface area contributed by atoms with Crippen molar-refractivity contribution < 1.29 is 23.9 Å². The SMILES string of the molecule is CCCOc1ccc(CN/C=C2\C(=O)NC(=O)c3ccc(Br)cc32)cc1OC(=O)CC. The highest BCUT2D eigenvalue weighted by Crippen LogP contribution is 2.30. The number of esters is 1. The van der Waals surface area contributed by atoms with E-state index in [1.54, 1.807) is 43.5 Å². The van der Waals surface area contributed by atoms with Crippen molar-refractivity contribution in [3.05, 3.63) is 63.8 Å². The Balaban J connectivity index is 1.80. The molecule has 2 aromatic rings. The number of imide groups is 1. The van der Waals surface area contributed by atoms with Crippen LogP contribution in [0.1, 0.15) is 48.2 Å². The highest BCUT2D eigenvalue weighted by atomic mass is 79.9. The number of nitrogens with one attached hydrogen (secondary N) is 2. The third kappa shape index (κ3) is 5.52. The minimum atomic E-state index is -0.469. The zero-order chi connectivity index (χ0) is 22.4. The van der Waals surface area contributed by atoms with Crippen LogP contribution in [0, 0.1) is 0 Å². The van der Waals surface area contributed by atoms with Crippen LogP contribution >= 0.6 is 15.9 Å². The number of halogens is 1. The first-order valence-electron chi connectivity index (χ1n) is 9.98. The fraction of sp³-hybridized carbons (Fsp3) is 0.261. The molecule has 0 unspecified atom stereocenters. The summed E-state index contributed by atoms with van der Waals surface area (Å²) in [5.41, 5.74) is 2.18. The molecule has 0 spiro atoms. The summed E-state index contributed by atoms with van der Waals surface area (Å²) in [6.45, 7) is 4.61. The van der Waals surface area contributed by atoms with Crippen LogP contribution in [0.25, 0.3) is 5.57 Å². The first-order chi connectivity index (χ1) is 14.9. The predicted molar refractivity (Wildman–Crippen MR) is 120 cm³/mol. The quantitative estimate of drug-likeness (QED) is 0.254. The van der Waals surface area contributed by atoms with Crippen molar-refractivity contribution in [2.45, 2.75) is 33.2 Å². The highest BCUT2D eigenvalue weighted by Gasteiger charge is 2.27. The topological polar surface area (TPSA) is 93.7 Å². The Bertz CT molecular complexity index is 1050. The summed E-state index contributed by atoms with van der Waals surface area (Å²) in [5.74, 6) is -0.366. The van der Waals surface area contributed by atoms with Gasteiger partial charge in [0.1, 0.15) is 0 Å². The second-order valence-electron chi connectivity index (χ2n) is 6.87. The fourth-order valence-electron chi connectivity index (χ4n) is 2.98. The van der Waals surface area contributed by atoms with Crippen LogP contribution in [0.15, 0.2) is 47.1 Å². The maximum Gasteiger partial charge on any atom is 0.311 e. The van der Waals surface area contributed by atoms with Gasteiger partial charge in [0.25, 0.3) is 11.8 Å². The minimum absolute atomic E-state index is 0.255. The molecule has 1 aliphatic heterocycles. The van der Waals surface area contributed by atoms with E-state index >= 15 is 0 Å². The van der Waals surface area contributed by atoms with E-state index in [0.717, 1.165) is 16.5 Å². The molecule has 2 N–H and O–H groups in total. The number of amides is 2. The molecule has 0 radical (unpaired) electrons. The molecule has 3 rings (SSSR count). The van der Waals surface area contributed by atoms with E-state index in [9.17, 15) is 14.4 Å². The number of carbonyl (C=O) groups is 3. The van der Waals surface area contributed by atoms with Crippen LogP contribution in [-0.2, 0) is 16.1 Å². The number of benzene rings is 2. The number of hydrogen-bond acceptors (Lipinski definition) is 6. The smallest absolute Gasteiger partial charge is 0.311 e. The molecule has 0 bridgehead atoms. The molecule has 0 atom stereocenters. The number of fused-ring (bicyclic) bond motifs is 1. The van der Waals surface area contributed by atoms with E-state index in [-0.39, 0.29) is 12.4 Å². The molecule has 1 heterocycles. The van der Waals surface area contributed by atoms with E-state index in [2.05, 4.69) is 26.6 Å². The van der Waals surface area contributed by atoms with Crippen LogP contribution in [0.4, 0.5) is 0 Å². The zero-order valence-corrected chi connectivity index (χ0v) is 18.9. The summed E-state index contributed by atoms with van der Waals surface area (Å²) in [6, 6.07) is 10.5. The van der Waals surface area contributed by atoms with Gasteiger partial charge in [-0.15, -0.1) is 0 Å². The summed E-state index contributed by atoms with van der Waals surface area (Å²) < 4.78 is 11.8. The van der Waals surface area contributed by atoms with Gasteiger partial charge in [0.05, 0.1) is 12.2 Å². The molecular weight excluding hydrogens is 464 g/mol. The van der Waals surface area contributed by atoms with Crippen molar-refractivity contribution >= 4 is 39.3 Å². The lowest BCUT2D eigenvalue weighted by atomic mass is 9.95. The van der Waals surface area contributed by atoms with E-state index in [4.69, 9.17) is 9.47 Å². The molecule has 162 valence electrons. The first kappa shape index (κ1) is 22.6. The van der Waals surface area contributed by atoms with Crippen LogP contribution in [-0.4, -0.2) is 24.4 Å². The zero-order valence-electron chi connectivity index (χ0n) is 17.3. The lowest BCUT2D eigenvalue weighted by Crippen LogP contribution is -2.37. The summed E-state index contributed by atoms with van der Waals surface area (Å²) in [4.78, 5) is 36.2. The van der Waals surface area contributed by atoms with Crippen molar-refractivity contribution in [3.63, 3.8) is 0 Å². The van der Waals surface area contributed by atoms with Gasteiger partial charge in [0.2, 0.25) is 0 Å². The Morgan fingerprint density at radius 3 is 2.61 bits per heavy atom. The monoisotopic (exact) mass is 486 g/mol. The average molecular weight is 487 g/mol. The van der Waals surface area contributed by atoms with Gasteiger partial charge in [-0.2, -0.15) is 0 Å². The van der Waals surface area contributed by atoms with Gasteiger partial charge in [-0.1, -0.05) is 35.8 Å². The molecule has 0 aromatic heterocycles. The van der Waals surface area contributed by atoms with Crippen molar-refractivity contribution in [1.82, 2.24) is 10.6 Å². The molecule has 2 aromatic carbocycles. The van der Waals surface area contributed by atoms with Crippen LogP contribution < -0.4 is 20.1 Å². The van der Waals surface area contributed by atoms with Crippen molar-refractivity contribution in [2.24, 2.45) is 0 Å². The van der Waals surface area contributed by atoms with E-state index in [1.807, 2.05) is 13.0 Å². The van der Waals surface area contributed by atoms with Gasteiger partial charge >= 0.3 is 5.97 Å². The van der Waals surface area contributed by atoms with Crippen LogP contribution in [0.3, 0.4) is 0 Å². The molecule has 7 nitrogen and oxygen atoms in total. The van der Waals surface area contributed by atoms with E-state index in [1.165, 1.54) is 0 Å². The number of carbonyl (C=O) groups excluding carboxylic acids is 3. The maximum absolute atomic E-state index is 12.3. The fourth-order valence-corrected chi connectivity index (χ4v) is 3.34. The molecule has 0 saturated heterocycles. The van der Waals surface area contributed by atoms with Gasteiger partial charge in [-0.25, -0.2) is 0 Å². The van der Waals surface area contributed by atoms with Crippen molar-refractivity contribution in [1.29, 1.82) is 0 Å². The Morgan fingerprint density at radius 1 is 1.06 bits per heavy atom. The molecule has 1 aliphatic rings. The average Bonchev–Trinajstić information content (AvgIpc) is 2.75. The van der Waals surface area contributed by atoms with Gasteiger partial charge in [0.15, 0.2) is 11.5 Å². The molecule has 0 aliphatic carbocycles. The minimum Gasteiger partial charge on any atom is -0.490 e. The molecule has 0 fully saturated rings. The second-order valence-corrected chi connectivity index (χ2v) is 7.78. The third-order valence-electron chi connectivity index (χ3n) is 4.52. The lowest BCUT2D eigenvalue weighted by molar-refractivity contribution is -0.134. The van der Waals surface area contributed by atoms with Crippen molar-refractivity contribution in [2.75, 3.05) is 6.61 Å². The Kier molecular flexibility index (Phi) is 7.46. The number of hydrogen-bond donors (Lipinski definition) is 2. The molecule has 8 heteroatoms. The first-order valence-corrected chi connectivity index (χ1v) is 10.8. The third-order valence-corrected chi connectivity index (χ3v) is 5.02. The summed E-state index contributed by atoms with van der Waals surface area (Å²) in [7, 11) is 0. The molecular formula is C23H23BrN2O5. The van der Waals surface area contributed by atoms with E-state index in [0.29, 0.717) is 41.4 Å². The Labute approximate surface area is 188 Å². The summed E-state index contributed by atoms with van der Waals surface area (Å²) in [5, 5.41) is 5.45. The summed E-state index contributed by atoms with van der Waals surface area (Å²) >= 11 is 3.38. The van der Waals surface area contributed by atoms with Crippen LogP contribution in [0.2, 0.25) is 0 Å². The normalized spacial score (nSPS) is 14.1. The standard InChI is InChI=1S/C23H23BrN2O5/c1-3-9-30-19-8-5-14(10-20(19)31-21(27)4-2)12-25-13-18-17-11-15(24)6-7-16(17)22(28)26-23(18)29/h5-8,10-11,13,25H,3-4,9,12H2,1-2H3,(H,26,28,29)/b18-13-. The molecule has 31 heavy (non-hydrogen) atoms. The number of ether oxygens (including phenoxy) is 2. The maximum atomic E-state index is 12.3. The van der Waals surface area contributed by atoms with Crippen molar-refractivity contribution in [3.8, 4) is 11.5 Å². The lowest BCUT2D eigenvalue weighted by Gasteiger charge is -2.18. The highest BCUT2D eigenvalue weighted by molar-refractivity contribution is 9.10. The van der Waals surface area contributed by atoms with Gasteiger partial charge in [-0.3, -0.25) is 19.7 Å². The van der Waals surface area contributed by atoms with E-state index < -0.39 is 11.8 Å². The summed E-state index contributed by atoms with van der Waals surface area (Å²) in [6.07, 6.45) is 2.66. The predicted octanol–water partition coefficient (Wildman–Crippen LogP) is 3.95. The molecule has 2 amide bonds. The van der Waals surface area contributed by atoms with Gasteiger partial charge in [0, 0.05) is 34.8 Å². The van der Waals surface area contributed by atoms with Crippen LogP contribution in [0.5, 0.6) is 11.5 Å². The number of rotatable bonds is 8. The molecule has 0 saturated carbocycles. The van der Waals surface area contributed by atoms with Gasteiger partial charge in [-0.05, 0) is 42.3 Å². The Morgan fingerprint density at radius 2 is 1.87 bits per heavy atom. The second kappa shape index (κ2) is 10.3. The largest absolute Gasteiger partial charge is 0.490 e. The van der Waals surface area contributed by atoms with Gasteiger partial charge < -0.3 is 14.8 Å². The Hall–Kier alpha value is -3.13.